The first-order valence-electron chi connectivity index (χ1n) is 8.75. The largest absolute Gasteiger partial charge is 0.497 e. The van der Waals surface area contributed by atoms with Gasteiger partial charge in [0.1, 0.15) is 5.75 Å². The summed E-state index contributed by atoms with van der Waals surface area (Å²) >= 11 is 0. The summed E-state index contributed by atoms with van der Waals surface area (Å²) < 4.78 is 5.10. The maximum absolute atomic E-state index is 12.3. The van der Waals surface area contributed by atoms with Crippen molar-refractivity contribution in [3.63, 3.8) is 0 Å². The molecule has 0 radical (unpaired) electrons. The number of methoxy groups -OCH3 is 1. The summed E-state index contributed by atoms with van der Waals surface area (Å²) in [6.07, 6.45) is 0.702. The molecule has 5 nitrogen and oxygen atoms in total. The number of carbonyl (C=O) groups is 1. The molecule has 136 valence electrons. The van der Waals surface area contributed by atoms with E-state index in [0.717, 1.165) is 23.5 Å². The third-order valence-corrected chi connectivity index (χ3v) is 4.72. The van der Waals surface area contributed by atoms with Crippen LogP contribution >= 0.6 is 0 Å². The molecule has 0 saturated heterocycles. The van der Waals surface area contributed by atoms with Gasteiger partial charge in [0.2, 0.25) is 0 Å². The van der Waals surface area contributed by atoms with Crippen LogP contribution in [0.25, 0.3) is 0 Å². The lowest BCUT2D eigenvalue weighted by Gasteiger charge is -2.44. The summed E-state index contributed by atoms with van der Waals surface area (Å²) in [6.45, 7) is 7.40. The molecule has 0 atom stereocenters. The van der Waals surface area contributed by atoms with E-state index in [9.17, 15) is 4.79 Å². The van der Waals surface area contributed by atoms with E-state index in [-0.39, 0.29) is 5.54 Å². The number of rotatable bonds is 4. The monoisotopic (exact) mass is 352 g/mol. The lowest BCUT2D eigenvalue weighted by molar-refractivity contribution is 0.0514. The van der Waals surface area contributed by atoms with Gasteiger partial charge in [0, 0.05) is 29.8 Å². The molecule has 0 unspecified atom stereocenters. The fourth-order valence-corrected chi connectivity index (χ4v) is 3.44. The van der Waals surface area contributed by atoms with Gasteiger partial charge in [-0.1, -0.05) is 23.4 Å². The molecule has 3 rings (SSSR count). The topological polar surface area (TPSA) is 51.1 Å². The number of fused-ring (bicyclic) bond motifs is 1. The van der Waals surface area contributed by atoms with Gasteiger partial charge in [-0.3, -0.25) is 0 Å². The Morgan fingerprint density at radius 2 is 1.85 bits per heavy atom. The fraction of sp³-hybridized carbons (Fsp3) is 0.333. The van der Waals surface area contributed by atoms with Gasteiger partial charge in [-0.2, -0.15) is 0 Å². The second-order valence-electron chi connectivity index (χ2n) is 6.90. The van der Waals surface area contributed by atoms with Crippen LogP contribution in [0.2, 0.25) is 0 Å². The number of para-hydroxylation sites is 1. The van der Waals surface area contributed by atoms with Crippen molar-refractivity contribution in [2.24, 2.45) is 5.16 Å². The van der Waals surface area contributed by atoms with E-state index < -0.39 is 5.97 Å². The average Bonchev–Trinajstić information content (AvgIpc) is 2.65. The Labute approximate surface area is 154 Å². The third-order valence-electron chi connectivity index (χ3n) is 4.72. The number of benzene rings is 2. The molecule has 2 aromatic carbocycles. The lowest BCUT2D eigenvalue weighted by atomic mass is 9.85. The molecule has 0 aromatic heterocycles. The molecule has 0 fully saturated rings. The quantitative estimate of drug-likeness (QED) is 0.609. The number of carbonyl (C=O) groups excluding carboxylic acids is 1. The highest BCUT2D eigenvalue weighted by molar-refractivity contribution is 6.08. The number of hydrogen-bond donors (Lipinski definition) is 0. The van der Waals surface area contributed by atoms with Gasteiger partial charge < -0.3 is 14.5 Å². The maximum Gasteiger partial charge on any atom is 0.365 e. The SMILES string of the molecule is CCN1c2ccccc2/C(=N/OC(=O)c2ccc(OC)cc2)CC1(C)C. The minimum Gasteiger partial charge on any atom is -0.497 e. The van der Waals surface area contributed by atoms with Crippen LogP contribution in [-0.4, -0.2) is 30.9 Å². The molecule has 0 bridgehead atoms. The van der Waals surface area contributed by atoms with Crippen molar-refractivity contribution in [3.05, 3.63) is 59.7 Å². The Kier molecular flexibility index (Phi) is 4.98. The number of oxime groups is 1. The van der Waals surface area contributed by atoms with Gasteiger partial charge in [-0.25, -0.2) is 4.79 Å². The summed E-state index contributed by atoms with van der Waals surface area (Å²) in [6, 6.07) is 14.9. The van der Waals surface area contributed by atoms with Crippen LogP contribution < -0.4 is 9.64 Å². The van der Waals surface area contributed by atoms with E-state index in [4.69, 9.17) is 9.57 Å². The van der Waals surface area contributed by atoms with E-state index in [2.05, 4.69) is 36.9 Å². The number of ether oxygens (including phenoxy) is 1. The number of hydrogen-bond acceptors (Lipinski definition) is 5. The molecular weight excluding hydrogens is 328 g/mol. The molecular formula is C21H24N2O3. The first kappa shape index (κ1) is 18.0. The summed E-state index contributed by atoms with van der Waals surface area (Å²) in [7, 11) is 1.58. The molecule has 2 aromatic rings. The molecule has 0 aliphatic carbocycles. The van der Waals surface area contributed by atoms with Gasteiger partial charge in [0.05, 0.1) is 18.4 Å². The van der Waals surface area contributed by atoms with E-state index in [0.29, 0.717) is 17.7 Å². The van der Waals surface area contributed by atoms with Crippen molar-refractivity contribution >= 4 is 17.4 Å². The molecule has 0 spiro atoms. The van der Waals surface area contributed by atoms with Crippen LogP contribution in [0.5, 0.6) is 5.75 Å². The lowest BCUT2D eigenvalue weighted by Crippen LogP contribution is -2.49. The normalized spacial score (nSPS) is 16.9. The molecule has 26 heavy (non-hydrogen) atoms. The summed E-state index contributed by atoms with van der Waals surface area (Å²) in [5, 5.41) is 4.22. The minimum atomic E-state index is -0.478. The van der Waals surface area contributed by atoms with Crippen LogP contribution in [0, 0.1) is 0 Å². The Morgan fingerprint density at radius 3 is 2.50 bits per heavy atom. The van der Waals surface area contributed by atoms with E-state index in [1.807, 2.05) is 18.2 Å². The van der Waals surface area contributed by atoms with Crippen molar-refractivity contribution in [2.75, 3.05) is 18.6 Å². The van der Waals surface area contributed by atoms with Crippen LogP contribution in [0.1, 0.15) is 43.1 Å². The fourth-order valence-electron chi connectivity index (χ4n) is 3.44. The van der Waals surface area contributed by atoms with E-state index in [1.54, 1.807) is 31.4 Å². The van der Waals surface area contributed by atoms with Crippen molar-refractivity contribution in [1.82, 2.24) is 0 Å². The highest BCUT2D eigenvalue weighted by atomic mass is 16.7. The second kappa shape index (κ2) is 7.20. The Bertz CT molecular complexity index is 825. The summed E-state index contributed by atoms with van der Waals surface area (Å²) in [4.78, 5) is 19.9. The standard InChI is InChI=1S/C21H24N2O3/c1-5-23-19-9-7-6-8-17(19)18(14-21(23,2)3)22-26-20(24)15-10-12-16(25-4)13-11-15/h6-13H,5,14H2,1-4H3/b22-18+. The molecule has 1 aliphatic heterocycles. The Hall–Kier alpha value is -2.82. The molecule has 0 N–H and O–H groups in total. The van der Waals surface area contributed by atoms with Crippen LogP contribution in [0.15, 0.2) is 53.7 Å². The highest BCUT2D eigenvalue weighted by Gasteiger charge is 2.35. The molecule has 0 saturated carbocycles. The van der Waals surface area contributed by atoms with E-state index in [1.165, 1.54) is 0 Å². The van der Waals surface area contributed by atoms with Crippen LogP contribution in [-0.2, 0) is 4.84 Å². The zero-order chi connectivity index (χ0) is 18.7. The Morgan fingerprint density at radius 1 is 1.15 bits per heavy atom. The minimum absolute atomic E-state index is 0.103. The predicted molar refractivity (Wildman–Crippen MR) is 103 cm³/mol. The van der Waals surface area contributed by atoms with Crippen LogP contribution in [0.4, 0.5) is 5.69 Å². The summed E-state index contributed by atoms with van der Waals surface area (Å²) in [5.41, 5.74) is 3.25. The van der Waals surface area contributed by atoms with Gasteiger partial charge in [-0.05, 0) is 51.1 Å². The van der Waals surface area contributed by atoms with Gasteiger partial charge in [-0.15, -0.1) is 0 Å². The number of anilines is 1. The van der Waals surface area contributed by atoms with Crippen molar-refractivity contribution < 1.29 is 14.4 Å². The molecule has 5 heteroatoms. The average molecular weight is 352 g/mol. The van der Waals surface area contributed by atoms with Gasteiger partial charge in [0.15, 0.2) is 0 Å². The zero-order valence-electron chi connectivity index (χ0n) is 15.7. The third kappa shape index (κ3) is 3.43. The highest BCUT2D eigenvalue weighted by Crippen LogP contribution is 2.36. The van der Waals surface area contributed by atoms with Crippen molar-refractivity contribution in [2.45, 2.75) is 32.7 Å². The molecule has 0 amide bonds. The molecule has 1 heterocycles. The predicted octanol–water partition coefficient (Wildman–Crippen LogP) is 4.26. The van der Waals surface area contributed by atoms with E-state index >= 15 is 0 Å². The van der Waals surface area contributed by atoms with Crippen molar-refractivity contribution in [1.29, 1.82) is 0 Å². The first-order valence-corrected chi connectivity index (χ1v) is 8.75. The number of nitrogens with zero attached hydrogens (tertiary/aromatic N) is 2. The summed E-state index contributed by atoms with van der Waals surface area (Å²) in [5.74, 6) is 0.212. The van der Waals surface area contributed by atoms with Crippen LogP contribution in [0.3, 0.4) is 0 Å². The zero-order valence-corrected chi connectivity index (χ0v) is 15.7. The van der Waals surface area contributed by atoms with Crippen molar-refractivity contribution in [3.8, 4) is 5.75 Å². The Balaban J connectivity index is 1.86. The van der Waals surface area contributed by atoms with Gasteiger partial charge in [0.25, 0.3) is 0 Å². The molecule has 1 aliphatic rings. The first-order chi connectivity index (χ1) is 12.5. The second-order valence-corrected chi connectivity index (χ2v) is 6.90. The maximum atomic E-state index is 12.3. The van der Waals surface area contributed by atoms with Gasteiger partial charge >= 0.3 is 5.97 Å². The smallest absolute Gasteiger partial charge is 0.365 e.